The van der Waals surface area contributed by atoms with Crippen molar-refractivity contribution in [2.24, 2.45) is 0 Å². The summed E-state index contributed by atoms with van der Waals surface area (Å²) in [6.07, 6.45) is 0.877. The van der Waals surface area contributed by atoms with E-state index in [4.69, 9.17) is 4.74 Å². The number of benzene rings is 3. The molecule has 4 rings (SSSR count). The van der Waals surface area contributed by atoms with Gasteiger partial charge in [0.05, 0.1) is 24.3 Å². The van der Waals surface area contributed by atoms with E-state index in [0.717, 1.165) is 33.3 Å². The first-order valence-electron chi connectivity index (χ1n) is 8.80. The molecule has 0 saturated carbocycles. The average molecular weight is 356 g/mol. The van der Waals surface area contributed by atoms with Crippen LogP contribution >= 0.6 is 0 Å². The van der Waals surface area contributed by atoms with Gasteiger partial charge in [-0.3, -0.25) is 0 Å². The number of aliphatic hydroxyl groups excluding tert-OH is 1. The van der Waals surface area contributed by atoms with Gasteiger partial charge in [0.2, 0.25) is 5.88 Å². The number of aliphatic hydroxyl groups is 1. The second-order valence-electron chi connectivity index (χ2n) is 6.53. The maximum atomic E-state index is 10.9. The van der Waals surface area contributed by atoms with E-state index in [9.17, 15) is 5.11 Å². The van der Waals surface area contributed by atoms with E-state index in [0.29, 0.717) is 11.4 Å². The summed E-state index contributed by atoms with van der Waals surface area (Å²) < 4.78 is 5.24. The summed E-state index contributed by atoms with van der Waals surface area (Å²) in [5.41, 5.74) is 6.23. The van der Waals surface area contributed by atoms with E-state index in [1.165, 1.54) is 0 Å². The SMILES string of the molecule is COc1cnc2c(-c3cccc(C)c3)cc(C(O)c3ccccc3)cc2n1. The van der Waals surface area contributed by atoms with E-state index in [2.05, 4.69) is 29.0 Å². The first-order chi connectivity index (χ1) is 13.2. The summed E-state index contributed by atoms with van der Waals surface area (Å²) in [6, 6.07) is 21.7. The lowest BCUT2D eigenvalue weighted by Gasteiger charge is -2.15. The largest absolute Gasteiger partial charge is 0.480 e. The molecule has 0 fully saturated rings. The molecule has 4 heteroatoms. The summed E-state index contributed by atoms with van der Waals surface area (Å²) in [5.74, 6) is 0.448. The lowest BCUT2D eigenvalue weighted by atomic mass is 9.95. The zero-order valence-corrected chi connectivity index (χ0v) is 15.3. The Morgan fingerprint density at radius 3 is 2.48 bits per heavy atom. The minimum atomic E-state index is -0.743. The Morgan fingerprint density at radius 2 is 1.74 bits per heavy atom. The molecule has 0 saturated heterocycles. The molecular weight excluding hydrogens is 336 g/mol. The molecular formula is C23H20N2O2. The Bertz CT molecular complexity index is 1090. The van der Waals surface area contributed by atoms with Crippen LogP contribution in [-0.2, 0) is 0 Å². The number of fused-ring (bicyclic) bond motifs is 1. The zero-order valence-electron chi connectivity index (χ0n) is 15.3. The highest BCUT2D eigenvalue weighted by molar-refractivity contribution is 5.92. The van der Waals surface area contributed by atoms with E-state index in [-0.39, 0.29) is 0 Å². The number of methoxy groups -OCH3 is 1. The minimum Gasteiger partial charge on any atom is -0.480 e. The van der Waals surface area contributed by atoms with Crippen LogP contribution in [0.15, 0.2) is 72.9 Å². The number of aromatic nitrogens is 2. The van der Waals surface area contributed by atoms with Crippen molar-refractivity contribution in [1.82, 2.24) is 9.97 Å². The van der Waals surface area contributed by atoms with Gasteiger partial charge in [0, 0.05) is 5.56 Å². The van der Waals surface area contributed by atoms with Crippen LogP contribution < -0.4 is 4.74 Å². The fourth-order valence-electron chi connectivity index (χ4n) is 3.25. The lowest BCUT2D eigenvalue weighted by Crippen LogP contribution is -2.02. The lowest BCUT2D eigenvalue weighted by molar-refractivity contribution is 0.220. The number of aryl methyl sites for hydroxylation is 1. The topological polar surface area (TPSA) is 55.2 Å². The summed E-state index contributed by atoms with van der Waals surface area (Å²) >= 11 is 0. The molecule has 0 bridgehead atoms. The smallest absolute Gasteiger partial charge is 0.232 e. The summed E-state index contributed by atoms with van der Waals surface area (Å²) in [4.78, 5) is 9.11. The number of rotatable bonds is 4. The maximum Gasteiger partial charge on any atom is 0.232 e. The van der Waals surface area contributed by atoms with Crippen LogP contribution in [0.5, 0.6) is 5.88 Å². The molecule has 3 aromatic carbocycles. The maximum absolute atomic E-state index is 10.9. The predicted octanol–water partition coefficient (Wildman–Crippen LogP) is 4.70. The van der Waals surface area contributed by atoms with Gasteiger partial charge in [-0.15, -0.1) is 0 Å². The van der Waals surface area contributed by atoms with Crippen molar-refractivity contribution in [3.63, 3.8) is 0 Å². The Labute approximate surface area is 158 Å². The van der Waals surface area contributed by atoms with Crippen molar-refractivity contribution in [3.05, 3.63) is 89.6 Å². The minimum absolute atomic E-state index is 0.448. The van der Waals surface area contributed by atoms with Crippen molar-refractivity contribution in [2.75, 3.05) is 7.11 Å². The van der Waals surface area contributed by atoms with Gasteiger partial charge >= 0.3 is 0 Å². The molecule has 0 amide bonds. The van der Waals surface area contributed by atoms with Crippen molar-refractivity contribution < 1.29 is 9.84 Å². The first-order valence-corrected chi connectivity index (χ1v) is 8.80. The fraction of sp³-hybridized carbons (Fsp3) is 0.130. The van der Waals surface area contributed by atoms with Gasteiger partial charge in [0.15, 0.2) is 0 Å². The van der Waals surface area contributed by atoms with Crippen molar-refractivity contribution in [1.29, 1.82) is 0 Å². The molecule has 134 valence electrons. The van der Waals surface area contributed by atoms with E-state index >= 15 is 0 Å². The Morgan fingerprint density at radius 1 is 0.926 bits per heavy atom. The van der Waals surface area contributed by atoms with Crippen molar-refractivity contribution >= 4 is 11.0 Å². The molecule has 1 aromatic heterocycles. The quantitative estimate of drug-likeness (QED) is 0.576. The highest BCUT2D eigenvalue weighted by Gasteiger charge is 2.16. The molecule has 0 radical (unpaired) electrons. The summed E-state index contributed by atoms with van der Waals surface area (Å²) in [6.45, 7) is 2.06. The first kappa shape index (κ1) is 17.2. The second-order valence-corrected chi connectivity index (χ2v) is 6.53. The molecule has 1 atom stereocenters. The molecule has 0 aliphatic rings. The van der Waals surface area contributed by atoms with Gasteiger partial charge in [-0.25, -0.2) is 9.97 Å². The van der Waals surface area contributed by atoms with Gasteiger partial charge in [-0.05, 0) is 35.7 Å². The molecule has 0 aliphatic carbocycles. The highest BCUT2D eigenvalue weighted by atomic mass is 16.5. The molecule has 0 aliphatic heterocycles. The molecule has 0 spiro atoms. The fourth-order valence-corrected chi connectivity index (χ4v) is 3.25. The second kappa shape index (κ2) is 7.17. The third-order valence-electron chi connectivity index (χ3n) is 4.62. The van der Waals surface area contributed by atoms with Crippen LogP contribution in [0.4, 0.5) is 0 Å². The van der Waals surface area contributed by atoms with Crippen LogP contribution in [0, 0.1) is 6.92 Å². The number of ether oxygens (including phenoxy) is 1. The van der Waals surface area contributed by atoms with Gasteiger partial charge in [0.1, 0.15) is 6.10 Å². The van der Waals surface area contributed by atoms with Crippen LogP contribution in [0.1, 0.15) is 22.8 Å². The standard InChI is InChI=1S/C23H20N2O2/c1-15-7-6-10-17(11-15)19-12-18(23(26)16-8-4-3-5-9-16)13-20-22(19)24-14-21(25-20)27-2/h3-14,23,26H,1-2H3. The molecule has 1 unspecified atom stereocenters. The third kappa shape index (κ3) is 3.39. The number of nitrogens with zero attached hydrogens (tertiary/aromatic N) is 2. The van der Waals surface area contributed by atoms with Crippen LogP contribution in [0.3, 0.4) is 0 Å². The molecule has 4 nitrogen and oxygen atoms in total. The van der Waals surface area contributed by atoms with Crippen LogP contribution in [-0.4, -0.2) is 22.2 Å². The normalized spacial score (nSPS) is 12.1. The highest BCUT2D eigenvalue weighted by Crippen LogP contribution is 2.33. The van der Waals surface area contributed by atoms with Gasteiger partial charge in [-0.1, -0.05) is 60.2 Å². The van der Waals surface area contributed by atoms with E-state index in [1.54, 1.807) is 13.3 Å². The van der Waals surface area contributed by atoms with E-state index < -0.39 is 6.10 Å². The summed E-state index contributed by atoms with van der Waals surface area (Å²) in [7, 11) is 1.57. The molecule has 27 heavy (non-hydrogen) atoms. The average Bonchev–Trinajstić information content (AvgIpc) is 2.72. The van der Waals surface area contributed by atoms with Crippen molar-refractivity contribution in [3.8, 4) is 17.0 Å². The monoisotopic (exact) mass is 356 g/mol. The van der Waals surface area contributed by atoms with Crippen molar-refractivity contribution in [2.45, 2.75) is 13.0 Å². The Kier molecular flexibility index (Phi) is 4.57. The molecule has 1 heterocycles. The van der Waals surface area contributed by atoms with Gasteiger partial charge in [0.25, 0.3) is 0 Å². The van der Waals surface area contributed by atoms with Crippen LogP contribution in [0.2, 0.25) is 0 Å². The number of hydrogen-bond acceptors (Lipinski definition) is 4. The predicted molar refractivity (Wildman–Crippen MR) is 107 cm³/mol. The number of hydrogen-bond donors (Lipinski definition) is 1. The molecule has 4 aromatic rings. The molecule has 1 N–H and O–H groups in total. The third-order valence-corrected chi connectivity index (χ3v) is 4.62. The van der Waals surface area contributed by atoms with Crippen LogP contribution in [0.25, 0.3) is 22.2 Å². The zero-order chi connectivity index (χ0) is 18.8. The van der Waals surface area contributed by atoms with Gasteiger partial charge in [-0.2, -0.15) is 0 Å². The summed E-state index contributed by atoms with van der Waals surface area (Å²) in [5, 5.41) is 10.9. The van der Waals surface area contributed by atoms with Gasteiger partial charge < -0.3 is 9.84 Å². The Hall–Kier alpha value is -3.24. The Balaban J connectivity index is 1.95. The van der Waals surface area contributed by atoms with E-state index in [1.807, 2.05) is 54.6 Å².